The summed E-state index contributed by atoms with van der Waals surface area (Å²) in [6.07, 6.45) is 8.42. The number of amides is 1. The zero-order chi connectivity index (χ0) is 19.8. The monoisotopic (exact) mass is 401 g/mol. The van der Waals surface area contributed by atoms with Gasteiger partial charge >= 0.3 is 0 Å². The van der Waals surface area contributed by atoms with Gasteiger partial charge in [0.25, 0.3) is 5.91 Å². The second-order valence-corrected chi connectivity index (χ2v) is 9.32. The summed E-state index contributed by atoms with van der Waals surface area (Å²) in [5.41, 5.74) is 0.567. The number of likely N-dealkylation sites (tertiary alicyclic amines) is 2. The maximum absolute atomic E-state index is 13.1. The van der Waals surface area contributed by atoms with Crippen molar-refractivity contribution in [3.63, 3.8) is 0 Å². The van der Waals surface area contributed by atoms with Gasteiger partial charge in [-0.05, 0) is 50.3 Å². The maximum Gasteiger partial charge on any atom is 0.277 e. The molecule has 3 aliphatic heterocycles. The van der Waals surface area contributed by atoms with E-state index in [1.807, 2.05) is 6.07 Å². The van der Waals surface area contributed by atoms with Gasteiger partial charge in [0.05, 0.1) is 12.1 Å². The second-order valence-electron chi connectivity index (χ2n) is 9.32. The summed E-state index contributed by atoms with van der Waals surface area (Å²) in [5, 5.41) is 11.5. The summed E-state index contributed by atoms with van der Waals surface area (Å²) in [4.78, 5) is 16.4. The van der Waals surface area contributed by atoms with Crippen LogP contribution in [-0.4, -0.2) is 54.5 Å². The van der Waals surface area contributed by atoms with E-state index in [1.165, 1.54) is 16.9 Å². The molecular weight excluding hydrogens is 368 g/mol. The Morgan fingerprint density at radius 3 is 2.79 bits per heavy atom. The van der Waals surface area contributed by atoms with Crippen LogP contribution in [0.3, 0.4) is 0 Å². The van der Waals surface area contributed by atoms with E-state index < -0.39 is 5.60 Å². The highest BCUT2D eigenvalue weighted by Crippen LogP contribution is 2.45. The summed E-state index contributed by atoms with van der Waals surface area (Å²) in [5.74, 6) is 2.03. The van der Waals surface area contributed by atoms with Crippen molar-refractivity contribution in [1.29, 1.82) is 0 Å². The van der Waals surface area contributed by atoms with Gasteiger partial charge < -0.3 is 24.4 Å². The molecule has 1 amide bonds. The molecule has 1 aromatic rings. The number of aliphatic hydroxyl groups is 1. The van der Waals surface area contributed by atoms with Crippen LogP contribution < -0.4 is 14.4 Å². The minimum absolute atomic E-state index is 0.122. The number of hydrogen-bond donors (Lipinski definition) is 2. The SMILES string of the molecule is O=C(C[NH+]1CC[C@@]2(O)CCCC[C@@H]2[C@@H]1c1ccc2c(c1)OCO2)N1CCCCC1. The van der Waals surface area contributed by atoms with Crippen LogP contribution in [0.2, 0.25) is 0 Å². The molecule has 1 aromatic carbocycles. The molecule has 158 valence electrons. The van der Waals surface area contributed by atoms with E-state index >= 15 is 0 Å². The van der Waals surface area contributed by atoms with Crippen molar-refractivity contribution in [2.45, 2.75) is 63.0 Å². The van der Waals surface area contributed by atoms with Gasteiger partial charge in [0, 0.05) is 31.0 Å². The average molecular weight is 402 g/mol. The Hall–Kier alpha value is -1.79. The number of quaternary nitrogens is 1. The Morgan fingerprint density at radius 1 is 1.10 bits per heavy atom. The Kier molecular flexibility index (Phi) is 5.16. The van der Waals surface area contributed by atoms with E-state index in [-0.39, 0.29) is 24.7 Å². The molecule has 1 aliphatic carbocycles. The number of carbonyl (C=O) groups is 1. The van der Waals surface area contributed by atoms with Gasteiger partial charge in [-0.1, -0.05) is 12.8 Å². The van der Waals surface area contributed by atoms with Crippen LogP contribution in [0, 0.1) is 5.92 Å². The fraction of sp³-hybridized carbons (Fsp3) is 0.696. The highest BCUT2D eigenvalue weighted by Gasteiger charge is 2.52. The third kappa shape index (κ3) is 3.61. The number of nitrogens with one attached hydrogen (secondary N) is 1. The van der Waals surface area contributed by atoms with E-state index in [9.17, 15) is 9.90 Å². The molecule has 6 heteroatoms. The van der Waals surface area contributed by atoms with Crippen LogP contribution in [0.1, 0.15) is 63.0 Å². The summed E-state index contributed by atoms with van der Waals surface area (Å²) in [7, 11) is 0. The van der Waals surface area contributed by atoms with Crippen LogP contribution in [0.15, 0.2) is 18.2 Å². The zero-order valence-corrected chi connectivity index (χ0v) is 17.2. The fourth-order valence-electron chi connectivity index (χ4n) is 6.08. The number of hydrogen-bond acceptors (Lipinski definition) is 4. The standard InChI is InChI=1S/C23H32N2O4/c26-21(24-11-4-1-5-12-24)15-25-13-10-23(27)9-3-2-6-18(23)22(25)17-7-8-19-20(14-17)29-16-28-19/h7-8,14,18,22,27H,1-6,9-13,15-16H2/p+1/t18-,22+,23+/m1/s1. The average Bonchev–Trinajstić information content (AvgIpc) is 3.22. The predicted octanol–water partition coefficient (Wildman–Crippen LogP) is 1.68. The third-order valence-corrected chi connectivity index (χ3v) is 7.63. The minimum Gasteiger partial charge on any atom is -0.454 e. The van der Waals surface area contributed by atoms with E-state index in [4.69, 9.17) is 9.47 Å². The largest absolute Gasteiger partial charge is 0.454 e. The fourth-order valence-corrected chi connectivity index (χ4v) is 6.08. The zero-order valence-electron chi connectivity index (χ0n) is 17.2. The highest BCUT2D eigenvalue weighted by atomic mass is 16.7. The first-order valence-corrected chi connectivity index (χ1v) is 11.4. The first kappa shape index (κ1) is 19.2. The minimum atomic E-state index is -0.600. The van der Waals surface area contributed by atoms with Gasteiger partial charge in [-0.3, -0.25) is 4.79 Å². The van der Waals surface area contributed by atoms with Crippen molar-refractivity contribution in [3.8, 4) is 11.5 Å². The number of benzene rings is 1. The van der Waals surface area contributed by atoms with Crippen molar-refractivity contribution < 1.29 is 24.3 Å². The lowest BCUT2D eigenvalue weighted by molar-refractivity contribution is -0.938. The number of nitrogens with zero attached hydrogens (tertiary/aromatic N) is 1. The molecule has 0 aromatic heterocycles. The number of piperidine rings is 2. The summed E-state index contributed by atoms with van der Waals surface area (Å²) < 4.78 is 11.1. The van der Waals surface area contributed by atoms with E-state index in [1.54, 1.807) is 0 Å². The molecule has 3 fully saturated rings. The highest BCUT2D eigenvalue weighted by molar-refractivity contribution is 5.77. The molecule has 0 spiro atoms. The number of rotatable bonds is 3. The van der Waals surface area contributed by atoms with Crippen LogP contribution in [0.4, 0.5) is 0 Å². The number of ether oxygens (including phenoxy) is 2. The molecule has 29 heavy (non-hydrogen) atoms. The number of fused-ring (bicyclic) bond motifs is 2. The van der Waals surface area contributed by atoms with Crippen LogP contribution >= 0.6 is 0 Å². The van der Waals surface area contributed by atoms with E-state index in [0.717, 1.165) is 76.1 Å². The van der Waals surface area contributed by atoms with Crippen LogP contribution in [0.25, 0.3) is 0 Å². The third-order valence-electron chi connectivity index (χ3n) is 7.63. The quantitative estimate of drug-likeness (QED) is 0.809. The Balaban J connectivity index is 1.43. The Labute approximate surface area is 172 Å². The molecule has 2 N–H and O–H groups in total. The predicted molar refractivity (Wildman–Crippen MR) is 108 cm³/mol. The first-order valence-electron chi connectivity index (χ1n) is 11.4. The molecular formula is C23H33N2O4+. The molecule has 2 saturated heterocycles. The first-order chi connectivity index (χ1) is 14.1. The van der Waals surface area contributed by atoms with Gasteiger partial charge in [0.15, 0.2) is 18.0 Å². The lowest BCUT2D eigenvalue weighted by Gasteiger charge is -2.50. The topological polar surface area (TPSA) is 63.4 Å². The molecule has 3 heterocycles. The van der Waals surface area contributed by atoms with Crippen molar-refractivity contribution in [1.82, 2.24) is 4.90 Å². The molecule has 4 aliphatic rings. The van der Waals surface area contributed by atoms with Gasteiger partial charge in [-0.2, -0.15) is 0 Å². The molecule has 5 rings (SSSR count). The van der Waals surface area contributed by atoms with Crippen molar-refractivity contribution >= 4 is 5.91 Å². The molecule has 1 unspecified atom stereocenters. The van der Waals surface area contributed by atoms with Gasteiger partial charge in [-0.15, -0.1) is 0 Å². The summed E-state index contributed by atoms with van der Waals surface area (Å²) >= 11 is 0. The van der Waals surface area contributed by atoms with Crippen LogP contribution in [0.5, 0.6) is 11.5 Å². The maximum atomic E-state index is 13.1. The second kappa shape index (κ2) is 7.80. The molecule has 0 radical (unpaired) electrons. The Bertz CT molecular complexity index is 763. The van der Waals surface area contributed by atoms with Gasteiger partial charge in [0.1, 0.15) is 6.04 Å². The van der Waals surface area contributed by atoms with Crippen molar-refractivity contribution in [2.24, 2.45) is 5.92 Å². The smallest absolute Gasteiger partial charge is 0.277 e. The van der Waals surface area contributed by atoms with Gasteiger partial charge in [-0.25, -0.2) is 0 Å². The van der Waals surface area contributed by atoms with Crippen molar-refractivity contribution in [3.05, 3.63) is 23.8 Å². The molecule has 1 saturated carbocycles. The van der Waals surface area contributed by atoms with E-state index in [0.29, 0.717) is 6.54 Å². The lowest BCUT2D eigenvalue weighted by Crippen LogP contribution is -3.16. The number of carbonyl (C=O) groups excluding carboxylic acids is 1. The van der Waals surface area contributed by atoms with Crippen molar-refractivity contribution in [2.75, 3.05) is 33.0 Å². The summed E-state index contributed by atoms with van der Waals surface area (Å²) in [6, 6.07) is 6.30. The molecule has 6 nitrogen and oxygen atoms in total. The van der Waals surface area contributed by atoms with E-state index in [2.05, 4.69) is 17.0 Å². The normalized spacial score (nSPS) is 34.0. The summed E-state index contributed by atoms with van der Waals surface area (Å²) in [6.45, 7) is 3.42. The Morgan fingerprint density at radius 2 is 1.93 bits per heavy atom. The molecule has 0 bridgehead atoms. The lowest BCUT2D eigenvalue weighted by atomic mass is 9.66. The van der Waals surface area contributed by atoms with Crippen LogP contribution in [-0.2, 0) is 4.79 Å². The van der Waals surface area contributed by atoms with Gasteiger partial charge in [0.2, 0.25) is 6.79 Å². The molecule has 4 atom stereocenters.